The molecule has 0 fully saturated rings. The Morgan fingerprint density at radius 1 is 1.39 bits per heavy atom. The smallest absolute Gasteiger partial charge is 0.191 e. The van der Waals surface area contributed by atoms with Gasteiger partial charge in [0.15, 0.2) is 11.8 Å². The van der Waals surface area contributed by atoms with Crippen molar-refractivity contribution in [2.24, 2.45) is 4.99 Å². The number of halogens is 2. The SMILES string of the molecule is CCc1nc2n(n1)CC(NC(=NC)NCC(OC)c1ccc(F)cc1)CC2.I. The third-order valence-corrected chi connectivity index (χ3v) is 4.76. The van der Waals surface area contributed by atoms with Gasteiger partial charge < -0.3 is 15.4 Å². The maximum atomic E-state index is 13.1. The molecule has 0 bridgehead atoms. The highest BCUT2D eigenvalue weighted by Crippen LogP contribution is 2.16. The number of nitrogens with one attached hydrogen (secondary N) is 2. The van der Waals surface area contributed by atoms with Gasteiger partial charge in [0.1, 0.15) is 11.6 Å². The molecule has 28 heavy (non-hydrogen) atoms. The van der Waals surface area contributed by atoms with Crippen molar-refractivity contribution in [3.8, 4) is 0 Å². The summed E-state index contributed by atoms with van der Waals surface area (Å²) in [5, 5.41) is 11.3. The van der Waals surface area contributed by atoms with Crippen LogP contribution >= 0.6 is 24.0 Å². The molecule has 2 unspecified atom stereocenters. The van der Waals surface area contributed by atoms with Gasteiger partial charge in [-0.25, -0.2) is 14.1 Å². The Balaban J connectivity index is 0.00000280. The Morgan fingerprint density at radius 2 is 2.14 bits per heavy atom. The number of aromatic nitrogens is 3. The van der Waals surface area contributed by atoms with Gasteiger partial charge >= 0.3 is 0 Å². The number of benzene rings is 1. The summed E-state index contributed by atoms with van der Waals surface area (Å²) in [7, 11) is 3.39. The molecular formula is C19H28FIN6O. The molecule has 1 aliphatic rings. The molecule has 2 heterocycles. The highest BCUT2D eigenvalue weighted by Gasteiger charge is 2.22. The number of guanidine groups is 1. The van der Waals surface area contributed by atoms with E-state index in [4.69, 9.17) is 4.74 Å². The summed E-state index contributed by atoms with van der Waals surface area (Å²) in [5.74, 6) is 2.41. The Bertz CT molecular complexity index is 779. The molecular weight excluding hydrogens is 474 g/mol. The lowest BCUT2D eigenvalue weighted by atomic mass is 10.1. The number of hydrogen-bond donors (Lipinski definition) is 2. The number of nitrogens with zero attached hydrogens (tertiary/aromatic N) is 4. The van der Waals surface area contributed by atoms with Crippen molar-refractivity contribution >= 4 is 29.9 Å². The molecule has 0 spiro atoms. The highest BCUT2D eigenvalue weighted by molar-refractivity contribution is 14.0. The molecule has 0 radical (unpaired) electrons. The van der Waals surface area contributed by atoms with Gasteiger partial charge in [0.25, 0.3) is 0 Å². The fraction of sp³-hybridized carbons (Fsp3) is 0.526. The molecule has 2 atom stereocenters. The van der Waals surface area contributed by atoms with Crippen LogP contribution in [0.4, 0.5) is 4.39 Å². The molecule has 1 aliphatic heterocycles. The molecule has 0 saturated heterocycles. The van der Waals surface area contributed by atoms with Gasteiger partial charge in [-0.15, -0.1) is 24.0 Å². The molecule has 0 amide bonds. The van der Waals surface area contributed by atoms with Crippen LogP contribution in [0, 0.1) is 5.82 Å². The standard InChI is InChI=1S/C19H27FN6O.HI/c1-4-17-24-18-10-9-15(12-26(18)25-17)23-19(21-2)22-11-16(27-3)13-5-7-14(20)8-6-13;/h5-8,15-16H,4,9-12H2,1-3H3,(H2,21,22,23);1H. The lowest BCUT2D eigenvalue weighted by molar-refractivity contribution is 0.106. The molecule has 154 valence electrons. The van der Waals surface area contributed by atoms with Crippen LogP contribution in [0.5, 0.6) is 0 Å². The third-order valence-electron chi connectivity index (χ3n) is 4.76. The van der Waals surface area contributed by atoms with E-state index in [0.717, 1.165) is 43.0 Å². The Hall–Kier alpha value is -1.75. The second-order valence-electron chi connectivity index (χ2n) is 6.59. The first-order valence-corrected chi connectivity index (χ1v) is 9.31. The Morgan fingerprint density at radius 3 is 2.79 bits per heavy atom. The molecule has 2 N–H and O–H groups in total. The number of methoxy groups -OCH3 is 1. The zero-order valence-electron chi connectivity index (χ0n) is 16.5. The number of fused-ring (bicyclic) bond motifs is 1. The molecule has 3 rings (SSSR count). The van der Waals surface area contributed by atoms with E-state index in [2.05, 4.69) is 32.6 Å². The topological polar surface area (TPSA) is 76.4 Å². The van der Waals surface area contributed by atoms with Crippen LogP contribution in [0.2, 0.25) is 0 Å². The van der Waals surface area contributed by atoms with E-state index in [1.54, 1.807) is 26.3 Å². The van der Waals surface area contributed by atoms with Gasteiger partial charge in [-0.05, 0) is 24.1 Å². The Labute approximate surface area is 182 Å². The van der Waals surface area contributed by atoms with E-state index in [1.165, 1.54) is 12.1 Å². The first kappa shape index (κ1) is 22.5. The van der Waals surface area contributed by atoms with E-state index < -0.39 is 0 Å². The summed E-state index contributed by atoms with van der Waals surface area (Å²) < 4.78 is 20.6. The first-order valence-electron chi connectivity index (χ1n) is 9.31. The van der Waals surface area contributed by atoms with Crippen molar-refractivity contribution in [3.05, 3.63) is 47.3 Å². The third kappa shape index (κ3) is 5.63. The van der Waals surface area contributed by atoms with Gasteiger partial charge in [-0.3, -0.25) is 4.99 Å². The number of ether oxygens (including phenoxy) is 1. The lowest BCUT2D eigenvalue weighted by Gasteiger charge is -2.26. The number of hydrogen-bond acceptors (Lipinski definition) is 4. The van der Waals surface area contributed by atoms with E-state index >= 15 is 0 Å². The fourth-order valence-corrected chi connectivity index (χ4v) is 3.22. The Kier molecular flexibility index (Phi) is 8.61. The minimum absolute atomic E-state index is 0. The predicted molar refractivity (Wildman–Crippen MR) is 118 cm³/mol. The maximum absolute atomic E-state index is 13.1. The monoisotopic (exact) mass is 502 g/mol. The normalized spacial score (nSPS) is 17.4. The van der Waals surface area contributed by atoms with E-state index in [9.17, 15) is 4.39 Å². The predicted octanol–water partition coefficient (Wildman–Crippen LogP) is 2.47. The summed E-state index contributed by atoms with van der Waals surface area (Å²) in [6, 6.07) is 6.59. The van der Waals surface area contributed by atoms with Crippen LogP contribution in [-0.2, 0) is 24.1 Å². The number of rotatable bonds is 6. The minimum atomic E-state index is -0.255. The largest absolute Gasteiger partial charge is 0.375 e. The molecule has 2 aromatic rings. The molecule has 0 saturated carbocycles. The number of aryl methyl sites for hydroxylation is 2. The summed E-state index contributed by atoms with van der Waals surface area (Å²) in [6.45, 7) is 3.37. The number of aliphatic imine (C=N–C) groups is 1. The van der Waals surface area contributed by atoms with Crippen LogP contribution < -0.4 is 10.6 Å². The average Bonchev–Trinajstić information content (AvgIpc) is 3.11. The highest BCUT2D eigenvalue weighted by atomic mass is 127. The van der Waals surface area contributed by atoms with Crippen LogP contribution in [-0.4, -0.2) is 47.5 Å². The van der Waals surface area contributed by atoms with Crippen molar-refractivity contribution in [3.63, 3.8) is 0 Å². The quantitative estimate of drug-likeness (QED) is 0.361. The molecule has 0 aliphatic carbocycles. The molecule has 9 heteroatoms. The van der Waals surface area contributed by atoms with Crippen molar-refractivity contribution in [2.45, 2.75) is 44.9 Å². The molecule has 1 aromatic heterocycles. The minimum Gasteiger partial charge on any atom is -0.375 e. The van der Waals surface area contributed by atoms with Crippen molar-refractivity contribution in [1.29, 1.82) is 0 Å². The second-order valence-corrected chi connectivity index (χ2v) is 6.59. The summed E-state index contributed by atoms with van der Waals surface area (Å²) in [5.41, 5.74) is 0.916. The van der Waals surface area contributed by atoms with Gasteiger partial charge in [0.2, 0.25) is 0 Å². The molecule has 1 aromatic carbocycles. The second kappa shape index (κ2) is 10.7. The first-order chi connectivity index (χ1) is 13.1. The van der Waals surface area contributed by atoms with Crippen molar-refractivity contribution in [1.82, 2.24) is 25.4 Å². The van der Waals surface area contributed by atoms with E-state index in [1.807, 2.05) is 4.68 Å². The zero-order chi connectivity index (χ0) is 19.2. The fourth-order valence-electron chi connectivity index (χ4n) is 3.22. The van der Waals surface area contributed by atoms with Gasteiger partial charge in [-0.1, -0.05) is 19.1 Å². The maximum Gasteiger partial charge on any atom is 0.191 e. The molecule has 7 nitrogen and oxygen atoms in total. The van der Waals surface area contributed by atoms with Gasteiger partial charge in [0.05, 0.1) is 12.6 Å². The summed E-state index contributed by atoms with van der Waals surface area (Å²) in [6.07, 6.45) is 2.54. The zero-order valence-corrected chi connectivity index (χ0v) is 18.8. The van der Waals surface area contributed by atoms with Crippen molar-refractivity contribution in [2.75, 3.05) is 20.7 Å². The van der Waals surface area contributed by atoms with Gasteiger partial charge in [-0.2, -0.15) is 5.10 Å². The average molecular weight is 502 g/mol. The van der Waals surface area contributed by atoms with E-state index in [-0.39, 0.29) is 41.9 Å². The van der Waals surface area contributed by atoms with Crippen LogP contribution in [0.3, 0.4) is 0 Å². The van der Waals surface area contributed by atoms with E-state index in [0.29, 0.717) is 12.5 Å². The summed E-state index contributed by atoms with van der Waals surface area (Å²) in [4.78, 5) is 8.86. The van der Waals surface area contributed by atoms with Crippen LogP contribution in [0.15, 0.2) is 29.3 Å². The van der Waals surface area contributed by atoms with Crippen LogP contribution in [0.25, 0.3) is 0 Å². The van der Waals surface area contributed by atoms with Crippen LogP contribution in [0.1, 0.15) is 36.7 Å². The summed E-state index contributed by atoms with van der Waals surface area (Å²) >= 11 is 0. The lowest BCUT2D eigenvalue weighted by Crippen LogP contribution is -2.48. The van der Waals surface area contributed by atoms with Crippen molar-refractivity contribution < 1.29 is 9.13 Å². The van der Waals surface area contributed by atoms with Gasteiger partial charge in [0, 0.05) is 39.6 Å².